The van der Waals surface area contributed by atoms with E-state index in [1.807, 2.05) is 57.2 Å². The van der Waals surface area contributed by atoms with Gasteiger partial charge in [0, 0.05) is 5.75 Å². The number of rotatable bonds is 5. The van der Waals surface area contributed by atoms with Crippen LogP contribution in [0.1, 0.15) is 23.6 Å². The topological polar surface area (TPSA) is 65.7 Å². The van der Waals surface area contributed by atoms with Crippen LogP contribution in [0.2, 0.25) is 0 Å². The van der Waals surface area contributed by atoms with Crippen LogP contribution in [-0.4, -0.2) is 23.9 Å². The number of aryl methyl sites for hydroxylation is 2. The number of aliphatic imine (C=N–C) groups is 1. The number of carbonyl (C=O) groups is 1. The van der Waals surface area contributed by atoms with Crippen LogP contribution in [0.4, 0.5) is 5.69 Å². The van der Waals surface area contributed by atoms with Crippen LogP contribution in [0.15, 0.2) is 53.2 Å². The van der Waals surface area contributed by atoms with Gasteiger partial charge in [0.25, 0.3) is 5.91 Å². The molecule has 0 spiro atoms. The standard InChI is InChI=1S/C23H23N3O2S/c1-15-9-16(2)11-19(10-15)26-22(27)21(25-23(26)29-14-17(3)13-24)12-18-5-7-20(28-4)8-6-18/h5-12,17H,14H2,1-4H3/b21-12-/t17-/m1/s1. The first-order valence-corrected chi connectivity index (χ1v) is 10.3. The molecule has 0 saturated carbocycles. The van der Waals surface area contributed by atoms with Crippen molar-refractivity contribution in [2.24, 2.45) is 10.9 Å². The molecular weight excluding hydrogens is 382 g/mol. The molecule has 148 valence electrons. The Balaban J connectivity index is 1.97. The molecule has 0 saturated heterocycles. The zero-order valence-electron chi connectivity index (χ0n) is 17.0. The average Bonchev–Trinajstić information content (AvgIpc) is 3.01. The molecule has 29 heavy (non-hydrogen) atoms. The summed E-state index contributed by atoms with van der Waals surface area (Å²) in [5.74, 6) is 1.03. The molecule has 0 N–H and O–H groups in total. The van der Waals surface area contributed by atoms with Crippen LogP contribution in [0, 0.1) is 31.1 Å². The normalized spacial score (nSPS) is 16.0. The molecule has 0 fully saturated rings. The molecule has 1 atom stereocenters. The Morgan fingerprint density at radius 2 is 1.86 bits per heavy atom. The smallest absolute Gasteiger partial charge is 0.283 e. The first-order valence-electron chi connectivity index (χ1n) is 9.31. The fourth-order valence-electron chi connectivity index (χ4n) is 3.00. The molecule has 0 unspecified atom stereocenters. The predicted octanol–water partition coefficient (Wildman–Crippen LogP) is 4.95. The molecule has 1 heterocycles. The maximum Gasteiger partial charge on any atom is 0.283 e. The molecule has 0 aromatic heterocycles. The Morgan fingerprint density at radius 1 is 1.21 bits per heavy atom. The van der Waals surface area contributed by atoms with Crippen LogP contribution < -0.4 is 9.64 Å². The maximum atomic E-state index is 13.2. The second kappa shape index (κ2) is 8.97. The van der Waals surface area contributed by atoms with Gasteiger partial charge in [0.2, 0.25) is 0 Å². The molecule has 1 aliphatic rings. The quantitative estimate of drug-likeness (QED) is 0.660. The second-order valence-corrected chi connectivity index (χ2v) is 8.01. The van der Waals surface area contributed by atoms with Crippen molar-refractivity contribution in [2.75, 3.05) is 17.8 Å². The van der Waals surface area contributed by atoms with Crippen molar-refractivity contribution in [3.63, 3.8) is 0 Å². The molecule has 6 heteroatoms. The number of carbonyl (C=O) groups excluding carboxylic acids is 1. The van der Waals surface area contributed by atoms with Crippen LogP contribution >= 0.6 is 11.8 Å². The lowest BCUT2D eigenvalue weighted by atomic mass is 10.1. The number of hydrogen-bond acceptors (Lipinski definition) is 5. The van der Waals surface area contributed by atoms with Crippen molar-refractivity contribution in [1.82, 2.24) is 0 Å². The zero-order valence-corrected chi connectivity index (χ0v) is 17.8. The summed E-state index contributed by atoms with van der Waals surface area (Å²) in [6.07, 6.45) is 1.78. The molecule has 0 radical (unpaired) electrons. The molecule has 1 aliphatic heterocycles. The molecule has 2 aromatic rings. The van der Waals surface area contributed by atoms with Gasteiger partial charge in [-0.2, -0.15) is 5.26 Å². The van der Waals surface area contributed by atoms with Gasteiger partial charge in [0.1, 0.15) is 11.4 Å². The number of benzene rings is 2. The summed E-state index contributed by atoms with van der Waals surface area (Å²) in [5.41, 5.74) is 4.20. The van der Waals surface area contributed by atoms with Gasteiger partial charge in [0.05, 0.1) is 24.8 Å². The molecule has 2 aromatic carbocycles. The summed E-state index contributed by atoms with van der Waals surface area (Å²) in [5, 5.41) is 9.70. The van der Waals surface area contributed by atoms with E-state index in [4.69, 9.17) is 10.00 Å². The van der Waals surface area contributed by atoms with E-state index in [0.29, 0.717) is 16.6 Å². The fourth-order valence-corrected chi connectivity index (χ4v) is 3.95. The number of ether oxygens (including phenoxy) is 1. The fraction of sp³-hybridized carbons (Fsp3) is 0.261. The minimum atomic E-state index is -0.169. The number of amides is 1. The third-order valence-electron chi connectivity index (χ3n) is 4.40. The van der Waals surface area contributed by atoms with Gasteiger partial charge in [-0.15, -0.1) is 0 Å². The highest BCUT2D eigenvalue weighted by molar-refractivity contribution is 8.14. The maximum absolute atomic E-state index is 13.2. The highest BCUT2D eigenvalue weighted by Crippen LogP contribution is 2.31. The van der Waals surface area contributed by atoms with Crippen molar-refractivity contribution in [1.29, 1.82) is 5.26 Å². The highest BCUT2D eigenvalue weighted by Gasteiger charge is 2.32. The number of methoxy groups -OCH3 is 1. The number of anilines is 1. The van der Waals surface area contributed by atoms with Crippen molar-refractivity contribution < 1.29 is 9.53 Å². The van der Waals surface area contributed by atoms with Crippen molar-refractivity contribution in [2.45, 2.75) is 20.8 Å². The van der Waals surface area contributed by atoms with Gasteiger partial charge in [-0.3, -0.25) is 9.69 Å². The number of hydrogen-bond donors (Lipinski definition) is 0. The van der Waals surface area contributed by atoms with E-state index in [1.54, 1.807) is 18.1 Å². The summed E-state index contributed by atoms with van der Waals surface area (Å²) in [4.78, 5) is 19.5. The van der Waals surface area contributed by atoms with E-state index in [9.17, 15) is 4.79 Å². The van der Waals surface area contributed by atoms with Crippen LogP contribution in [0.3, 0.4) is 0 Å². The lowest BCUT2D eigenvalue weighted by molar-refractivity contribution is -0.113. The number of amidine groups is 1. The summed E-state index contributed by atoms with van der Waals surface area (Å²) in [7, 11) is 1.62. The first kappa shape index (κ1) is 20.7. The Bertz CT molecular complexity index is 999. The lowest BCUT2D eigenvalue weighted by Crippen LogP contribution is -2.30. The molecule has 0 bridgehead atoms. The van der Waals surface area contributed by atoms with E-state index < -0.39 is 0 Å². The minimum Gasteiger partial charge on any atom is -0.497 e. The van der Waals surface area contributed by atoms with Crippen molar-refractivity contribution in [3.8, 4) is 11.8 Å². The van der Waals surface area contributed by atoms with Crippen LogP contribution in [-0.2, 0) is 4.79 Å². The Morgan fingerprint density at radius 3 is 2.45 bits per heavy atom. The third kappa shape index (κ3) is 4.87. The third-order valence-corrected chi connectivity index (χ3v) is 5.59. The van der Waals surface area contributed by atoms with Gasteiger partial charge < -0.3 is 4.74 Å². The molecule has 3 rings (SSSR count). The zero-order chi connectivity index (χ0) is 21.0. The molecular formula is C23H23N3O2S. The summed E-state index contributed by atoms with van der Waals surface area (Å²) in [6, 6.07) is 15.7. The number of nitrogens with zero attached hydrogens (tertiary/aromatic N) is 3. The van der Waals surface area contributed by atoms with Gasteiger partial charge in [-0.1, -0.05) is 30.0 Å². The molecule has 5 nitrogen and oxygen atoms in total. The largest absolute Gasteiger partial charge is 0.497 e. The van der Waals surface area contributed by atoms with E-state index >= 15 is 0 Å². The van der Waals surface area contributed by atoms with Gasteiger partial charge in [-0.05, 0) is 67.8 Å². The highest BCUT2D eigenvalue weighted by atomic mass is 32.2. The van der Waals surface area contributed by atoms with Gasteiger partial charge >= 0.3 is 0 Å². The minimum absolute atomic E-state index is 0.131. The van der Waals surface area contributed by atoms with E-state index in [1.165, 1.54) is 11.8 Å². The Kier molecular flexibility index (Phi) is 6.40. The van der Waals surface area contributed by atoms with Gasteiger partial charge in [0.15, 0.2) is 5.17 Å². The monoisotopic (exact) mass is 405 g/mol. The van der Waals surface area contributed by atoms with Crippen LogP contribution in [0.5, 0.6) is 5.75 Å². The first-order chi connectivity index (χ1) is 13.9. The van der Waals surface area contributed by atoms with Crippen molar-refractivity contribution >= 4 is 34.6 Å². The molecule has 1 amide bonds. The summed E-state index contributed by atoms with van der Waals surface area (Å²) < 4.78 is 5.19. The lowest BCUT2D eigenvalue weighted by Gasteiger charge is -2.19. The average molecular weight is 406 g/mol. The Labute approximate surface area is 175 Å². The van der Waals surface area contributed by atoms with Crippen molar-refractivity contribution in [3.05, 3.63) is 64.9 Å². The molecule has 0 aliphatic carbocycles. The summed E-state index contributed by atoms with van der Waals surface area (Å²) >= 11 is 1.43. The summed E-state index contributed by atoms with van der Waals surface area (Å²) in [6.45, 7) is 5.87. The SMILES string of the molecule is COc1ccc(/C=C2\N=C(SC[C@H](C)C#N)N(c3cc(C)cc(C)c3)C2=O)cc1. The van der Waals surface area contributed by atoms with Gasteiger partial charge in [-0.25, -0.2) is 4.99 Å². The predicted molar refractivity (Wildman–Crippen MR) is 119 cm³/mol. The van der Waals surface area contributed by atoms with Crippen LogP contribution in [0.25, 0.3) is 6.08 Å². The van der Waals surface area contributed by atoms with E-state index in [0.717, 1.165) is 28.1 Å². The van der Waals surface area contributed by atoms with E-state index in [-0.39, 0.29) is 11.8 Å². The Hall–Kier alpha value is -3.04. The number of nitriles is 1. The van der Waals surface area contributed by atoms with E-state index in [2.05, 4.69) is 17.1 Å². The second-order valence-electron chi connectivity index (χ2n) is 7.02. The number of thioether (sulfide) groups is 1.